The number of ether oxygens (including phenoxy) is 1. The summed E-state index contributed by atoms with van der Waals surface area (Å²) in [4.78, 5) is 22.5. The Morgan fingerprint density at radius 2 is 2.09 bits per heavy atom. The molecule has 0 unspecified atom stereocenters. The second-order valence-electron chi connectivity index (χ2n) is 7.98. The summed E-state index contributed by atoms with van der Waals surface area (Å²) in [6.45, 7) is 1.66. The van der Waals surface area contributed by atoms with Crippen LogP contribution in [0.15, 0.2) is 18.3 Å². The van der Waals surface area contributed by atoms with Crippen molar-refractivity contribution < 1.29 is 18.3 Å². The predicted molar refractivity (Wildman–Crippen MR) is 112 cm³/mol. The number of anilines is 1. The standard InChI is InChI=1S/C20H21F2N9O2/c1-29(19(32)15-8-30(28-26-15)12-9-33-10-12)5-3-2-4-16-24-18-13-6-11(21)7-14(22)17(13)25-20(23)31(18)27-16/h6-8,12H,2-5,9-10H2,1H3,(H2,23,25). The molecule has 1 amide bonds. The van der Waals surface area contributed by atoms with E-state index in [2.05, 4.69) is 25.4 Å². The Balaban J connectivity index is 1.21. The fourth-order valence-corrected chi connectivity index (χ4v) is 3.67. The average molecular weight is 457 g/mol. The third-order valence-corrected chi connectivity index (χ3v) is 5.58. The van der Waals surface area contributed by atoms with Crippen molar-refractivity contribution in [3.05, 3.63) is 41.5 Å². The van der Waals surface area contributed by atoms with Gasteiger partial charge in [0.2, 0.25) is 5.95 Å². The van der Waals surface area contributed by atoms with Crippen LogP contribution in [0.4, 0.5) is 14.7 Å². The summed E-state index contributed by atoms with van der Waals surface area (Å²) in [7, 11) is 1.71. The van der Waals surface area contributed by atoms with Crippen molar-refractivity contribution in [1.82, 2.24) is 39.5 Å². The number of unbranched alkanes of at least 4 members (excludes halogenated alkanes) is 1. The maximum Gasteiger partial charge on any atom is 0.275 e. The van der Waals surface area contributed by atoms with Crippen molar-refractivity contribution in [2.45, 2.75) is 25.3 Å². The Morgan fingerprint density at radius 3 is 2.85 bits per heavy atom. The van der Waals surface area contributed by atoms with Crippen molar-refractivity contribution in [2.24, 2.45) is 0 Å². The van der Waals surface area contributed by atoms with Gasteiger partial charge in [0, 0.05) is 26.1 Å². The number of nitrogens with two attached hydrogens (primary N) is 1. The van der Waals surface area contributed by atoms with Gasteiger partial charge in [-0.1, -0.05) is 5.21 Å². The lowest BCUT2D eigenvalue weighted by atomic mass is 10.2. The zero-order valence-electron chi connectivity index (χ0n) is 17.8. The Labute approximate surface area is 186 Å². The number of benzene rings is 1. The molecule has 1 fully saturated rings. The van der Waals surface area contributed by atoms with Crippen LogP contribution in [0, 0.1) is 11.6 Å². The highest BCUT2D eigenvalue weighted by Gasteiger charge is 2.24. The Morgan fingerprint density at radius 1 is 1.27 bits per heavy atom. The summed E-state index contributed by atoms with van der Waals surface area (Å²) in [6, 6.07) is 2.05. The molecule has 1 aliphatic rings. The van der Waals surface area contributed by atoms with Gasteiger partial charge in [-0.3, -0.25) is 4.79 Å². The minimum absolute atomic E-state index is 0.0337. The summed E-state index contributed by atoms with van der Waals surface area (Å²) in [5.74, 6) is -1.31. The zero-order chi connectivity index (χ0) is 23.1. The van der Waals surface area contributed by atoms with Crippen LogP contribution in [0.2, 0.25) is 0 Å². The van der Waals surface area contributed by atoms with Crippen LogP contribution in [-0.4, -0.2) is 72.2 Å². The van der Waals surface area contributed by atoms with E-state index in [9.17, 15) is 13.6 Å². The second kappa shape index (κ2) is 8.31. The van der Waals surface area contributed by atoms with E-state index in [0.29, 0.717) is 50.5 Å². The van der Waals surface area contributed by atoms with Crippen LogP contribution in [0.3, 0.4) is 0 Å². The number of rotatable bonds is 7. The van der Waals surface area contributed by atoms with Crippen molar-refractivity contribution in [1.29, 1.82) is 0 Å². The number of carbonyl (C=O) groups excluding carboxylic acids is 1. The van der Waals surface area contributed by atoms with Gasteiger partial charge in [0.05, 0.1) is 24.8 Å². The van der Waals surface area contributed by atoms with E-state index in [4.69, 9.17) is 10.5 Å². The number of hydrogen-bond acceptors (Lipinski definition) is 8. The summed E-state index contributed by atoms with van der Waals surface area (Å²) in [5.41, 5.74) is 6.37. The molecule has 3 aromatic heterocycles. The van der Waals surface area contributed by atoms with Gasteiger partial charge in [-0.05, 0) is 18.9 Å². The highest BCUT2D eigenvalue weighted by atomic mass is 19.1. The largest absolute Gasteiger partial charge is 0.377 e. The molecule has 11 nitrogen and oxygen atoms in total. The van der Waals surface area contributed by atoms with E-state index in [1.807, 2.05) is 0 Å². The lowest BCUT2D eigenvalue weighted by Gasteiger charge is -2.25. The summed E-state index contributed by atoms with van der Waals surface area (Å²) in [6.07, 6.45) is 3.52. The molecule has 1 aromatic carbocycles. The molecule has 2 N–H and O–H groups in total. The molecule has 4 aromatic rings. The van der Waals surface area contributed by atoms with Crippen molar-refractivity contribution in [2.75, 3.05) is 32.5 Å². The molecule has 0 radical (unpaired) electrons. The lowest BCUT2D eigenvalue weighted by Crippen LogP contribution is -2.31. The molecule has 172 valence electrons. The molecule has 0 atom stereocenters. The smallest absolute Gasteiger partial charge is 0.275 e. The highest BCUT2D eigenvalue weighted by Crippen LogP contribution is 2.23. The van der Waals surface area contributed by atoms with E-state index in [1.54, 1.807) is 22.8 Å². The number of amides is 1. The van der Waals surface area contributed by atoms with E-state index in [1.165, 1.54) is 4.52 Å². The normalized spacial score (nSPS) is 14.2. The third-order valence-electron chi connectivity index (χ3n) is 5.58. The minimum atomic E-state index is -0.808. The van der Waals surface area contributed by atoms with E-state index in [0.717, 1.165) is 12.1 Å². The number of nitrogen functional groups attached to an aromatic ring is 1. The molecule has 1 aliphatic heterocycles. The van der Waals surface area contributed by atoms with Gasteiger partial charge in [-0.2, -0.15) is 4.52 Å². The van der Waals surface area contributed by atoms with Crippen LogP contribution in [0.25, 0.3) is 16.6 Å². The summed E-state index contributed by atoms with van der Waals surface area (Å²) in [5, 5.41) is 12.5. The highest BCUT2D eigenvalue weighted by molar-refractivity contribution is 5.92. The van der Waals surface area contributed by atoms with Crippen LogP contribution >= 0.6 is 0 Å². The molecule has 0 bridgehead atoms. The first kappa shape index (κ1) is 21.1. The maximum absolute atomic E-state index is 14.1. The Kier molecular flexibility index (Phi) is 5.32. The first-order valence-electron chi connectivity index (χ1n) is 10.5. The van der Waals surface area contributed by atoms with Crippen molar-refractivity contribution >= 4 is 28.4 Å². The molecule has 33 heavy (non-hydrogen) atoms. The SMILES string of the molecule is CN(CCCCc1nc2c3cc(F)cc(F)c3nc(N)n2n1)C(=O)c1cn(C2COC2)nn1. The van der Waals surface area contributed by atoms with E-state index < -0.39 is 11.6 Å². The van der Waals surface area contributed by atoms with Gasteiger partial charge in [-0.25, -0.2) is 23.4 Å². The second-order valence-corrected chi connectivity index (χ2v) is 7.98. The van der Waals surface area contributed by atoms with Crippen molar-refractivity contribution in [3.63, 3.8) is 0 Å². The molecule has 1 saturated heterocycles. The monoisotopic (exact) mass is 457 g/mol. The average Bonchev–Trinajstić information content (AvgIpc) is 3.38. The molecule has 0 aliphatic carbocycles. The van der Waals surface area contributed by atoms with Crippen molar-refractivity contribution in [3.8, 4) is 0 Å². The van der Waals surface area contributed by atoms with Gasteiger partial charge >= 0.3 is 0 Å². The molecular formula is C20H21F2N9O2. The molecule has 0 spiro atoms. The van der Waals surface area contributed by atoms with Crippen LogP contribution in [0.1, 0.15) is 35.2 Å². The molecule has 0 saturated carbocycles. The first-order valence-corrected chi connectivity index (χ1v) is 10.5. The van der Waals surface area contributed by atoms with Gasteiger partial charge < -0.3 is 15.4 Å². The number of halogens is 2. The van der Waals surface area contributed by atoms with E-state index >= 15 is 0 Å². The fraction of sp³-hybridized carbons (Fsp3) is 0.400. The number of nitrogens with zero attached hydrogens (tertiary/aromatic N) is 8. The zero-order valence-corrected chi connectivity index (χ0v) is 17.8. The molecule has 13 heteroatoms. The van der Waals surface area contributed by atoms with Crippen LogP contribution in [-0.2, 0) is 11.2 Å². The Hall–Kier alpha value is -3.74. The lowest BCUT2D eigenvalue weighted by molar-refractivity contribution is -0.0293. The molecule has 5 rings (SSSR count). The summed E-state index contributed by atoms with van der Waals surface area (Å²) >= 11 is 0. The quantitative estimate of drug-likeness (QED) is 0.412. The predicted octanol–water partition coefficient (Wildman–Crippen LogP) is 1.40. The maximum atomic E-state index is 14.1. The minimum Gasteiger partial charge on any atom is -0.377 e. The number of aromatic nitrogens is 7. The first-order chi connectivity index (χ1) is 15.9. The summed E-state index contributed by atoms with van der Waals surface area (Å²) < 4.78 is 35.8. The van der Waals surface area contributed by atoms with Gasteiger partial charge in [-0.15, -0.1) is 10.2 Å². The fourth-order valence-electron chi connectivity index (χ4n) is 3.67. The van der Waals surface area contributed by atoms with Crippen LogP contribution < -0.4 is 5.73 Å². The number of aryl methyl sites for hydroxylation is 1. The molecule has 4 heterocycles. The van der Waals surface area contributed by atoms with Gasteiger partial charge in [0.1, 0.15) is 17.4 Å². The molecular weight excluding hydrogens is 436 g/mol. The third kappa shape index (κ3) is 3.95. The number of hydrogen-bond donors (Lipinski definition) is 1. The van der Waals surface area contributed by atoms with Gasteiger partial charge in [0.15, 0.2) is 23.0 Å². The Bertz CT molecular complexity index is 1350. The number of carbonyl (C=O) groups is 1. The topological polar surface area (TPSA) is 129 Å². The van der Waals surface area contributed by atoms with Crippen LogP contribution in [0.5, 0.6) is 0 Å². The van der Waals surface area contributed by atoms with E-state index in [-0.39, 0.29) is 34.4 Å². The number of fused-ring (bicyclic) bond motifs is 3. The van der Waals surface area contributed by atoms with Gasteiger partial charge in [0.25, 0.3) is 5.91 Å².